The van der Waals surface area contributed by atoms with Crippen LogP contribution < -0.4 is 0 Å². The lowest BCUT2D eigenvalue weighted by molar-refractivity contribution is 0.0730. The Balaban J connectivity index is 1.52. The average Bonchev–Trinajstić information content (AvgIpc) is 3.12. The van der Waals surface area contributed by atoms with Gasteiger partial charge in [-0.2, -0.15) is 9.40 Å². The van der Waals surface area contributed by atoms with E-state index < -0.39 is 10.0 Å². The van der Waals surface area contributed by atoms with Gasteiger partial charge in [0.2, 0.25) is 10.0 Å². The van der Waals surface area contributed by atoms with Gasteiger partial charge in [0.25, 0.3) is 0 Å². The van der Waals surface area contributed by atoms with E-state index in [2.05, 4.69) is 5.10 Å². The molecule has 0 spiro atoms. The molecule has 4 rings (SSSR count). The highest BCUT2D eigenvalue weighted by Crippen LogP contribution is 2.21. The van der Waals surface area contributed by atoms with Crippen LogP contribution in [0.5, 0.6) is 0 Å². The van der Waals surface area contributed by atoms with Gasteiger partial charge in [0.1, 0.15) is 0 Å². The fourth-order valence-electron chi connectivity index (χ4n) is 3.70. The molecule has 8 heteroatoms. The Kier molecular flexibility index (Phi) is 6.36. The van der Waals surface area contributed by atoms with Crippen molar-refractivity contribution in [2.24, 2.45) is 0 Å². The number of para-hydroxylation sites is 1. The number of sulfonamides is 1. The van der Waals surface area contributed by atoms with Crippen molar-refractivity contribution in [2.75, 3.05) is 26.3 Å². The van der Waals surface area contributed by atoms with Gasteiger partial charge in [-0.15, -0.1) is 0 Å². The third kappa shape index (κ3) is 4.43. The molecule has 1 aromatic heterocycles. The van der Waals surface area contributed by atoms with Crippen molar-refractivity contribution in [1.82, 2.24) is 14.1 Å². The molecule has 7 nitrogen and oxygen atoms in total. The molecule has 0 bridgehead atoms. The number of ether oxygens (including phenoxy) is 1. The van der Waals surface area contributed by atoms with Crippen molar-refractivity contribution in [3.63, 3.8) is 0 Å². The second-order valence-corrected chi connectivity index (χ2v) is 9.51. The molecule has 1 saturated heterocycles. The largest absolute Gasteiger partial charge is 0.379 e. The van der Waals surface area contributed by atoms with E-state index in [0.717, 1.165) is 22.6 Å². The van der Waals surface area contributed by atoms with Crippen LogP contribution in [0.3, 0.4) is 0 Å². The summed E-state index contributed by atoms with van der Waals surface area (Å²) in [6.07, 6.45) is 3.26. The minimum Gasteiger partial charge on any atom is -0.379 e. The maximum absolute atomic E-state index is 12.7. The third-order valence-electron chi connectivity index (χ3n) is 5.50. The fraction of sp³-hybridized carbons (Fsp3) is 0.250. The normalized spacial score (nSPS) is 15.3. The highest BCUT2D eigenvalue weighted by Gasteiger charge is 2.26. The van der Waals surface area contributed by atoms with Gasteiger partial charge in [0.05, 0.1) is 29.5 Å². The number of ketones is 1. The SMILES string of the molecule is Cc1nn(-c2ccccc2)c(C)c1C=CC(=O)c1ccc(S(=O)(=O)N2CCOCC2)cc1. The highest BCUT2D eigenvalue weighted by molar-refractivity contribution is 7.89. The number of morpholine rings is 1. The monoisotopic (exact) mass is 451 g/mol. The topological polar surface area (TPSA) is 81.5 Å². The zero-order chi connectivity index (χ0) is 22.7. The number of aryl methyl sites for hydroxylation is 1. The Morgan fingerprint density at radius 2 is 1.66 bits per heavy atom. The van der Waals surface area contributed by atoms with Crippen molar-refractivity contribution in [3.8, 4) is 5.69 Å². The number of carbonyl (C=O) groups is 1. The smallest absolute Gasteiger partial charge is 0.243 e. The van der Waals surface area contributed by atoms with E-state index in [1.54, 1.807) is 18.2 Å². The minimum absolute atomic E-state index is 0.177. The molecule has 0 atom stereocenters. The number of hydrogen-bond donors (Lipinski definition) is 0. The molecule has 0 aliphatic carbocycles. The summed E-state index contributed by atoms with van der Waals surface area (Å²) in [5.41, 5.74) is 4.02. The van der Waals surface area contributed by atoms with Gasteiger partial charge in [-0.25, -0.2) is 13.1 Å². The lowest BCUT2D eigenvalue weighted by atomic mass is 10.1. The quantitative estimate of drug-likeness (QED) is 0.424. The zero-order valence-electron chi connectivity index (χ0n) is 18.1. The molecular formula is C24H25N3O4S. The summed E-state index contributed by atoms with van der Waals surface area (Å²) in [6, 6.07) is 15.9. The van der Waals surface area contributed by atoms with E-state index in [-0.39, 0.29) is 10.7 Å². The van der Waals surface area contributed by atoms with Crippen LogP contribution in [0.25, 0.3) is 11.8 Å². The first kappa shape index (κ1) is 22.1. The standard InChI is InChI=1S/C24H25N3O4S/c1-18-23(19(2)27(25-18)21-6-4-3-5-7-21)12-13-24(28)20-8-10-22(11-9-20)32(29,30)26-14-16-31-17-15-26/h3-13H,14-17H2,1-2H3. The summed E-state index contributed by atoms with van der Waals surface area (Å²) in [4.78, 5) is 12.9. The summed E-state index contributed by atoms with van der Waals surface area (Å²) in [5, 5.41) is 4.59. The summed E-state index contributed by atoms with van der Waals surface area (Å²) in [7, 11) is -3.58. The van der Waals surface area contributed by atoms with E-state index in [1.165, 1.54) is 22.5 Å². The molecule has 1 aliphatic heterocycles. The van der Waals surface area contributed by atoms with E-state index in [0.29, 0.717) is 31.9 Å². The Morgan fingerprint density at radius 1 is 1.00 bits per heavy atom. The minimum atomic E-state index is -3.58. The Hall–Kier alpha value is -3.07. The van der Waals surface area contributed by atoms with Crippen LogP contribution >= 0.6 is 0 Å². The first-order valence-electron chi connectivity index (χ1n) is 10.4. The van der Waals surface area contributed by atoms with Crippen LogP contribution in [-0.2, 0) is 14.8 Å². The molecular weight excluding hydrogens is 426 g/mol. The average molecular weight is 452 g/mol. The second kappa shape index (κ2) is 9.20. The number of carbonyl (C=O) groups excluding carboxylic acids is 1. The van der Waals surface area contributed by atoms with Gasteiger partial charge in [-0.1, -0.05) is 18.2 Å². The molecule has 0 amide bonds. The number of benzene rings is 2. The number of rotatable bonds is 6. The van der Waals surface area contributed by atoms with Crippen LogP contribution in [0.4, 0.5) is 0 Å². The van der Waals surface area contributed by atoms with Gasteiger partial charge >= 0.3 is 0 Å². The van der Waals surface area contributed by atoms with E-state index in [1.807, 2.05) is 48.9 Å². The summed E-state index contributed by atoms with van der Waals surface area (Å²) >= 11 is 0. The maximum Gasteiger partial charge on any atom is 0.243 e. The predicted molar refractivity (Wildman–Crippen MR) is 122 cm³/mol. The van der Waals surface area contributed by atoms with Crippen molar-refractivity contribution in [1.29, 1.82) is 0 Å². The zero-order valence-corrected chi connectivity index (χ0v) is 18.9. The first-order valence-corrected chi connectivity index (χ1v) is 11.8. The molecule has 0 unspecified atom stereocenters. The van der Waals surface area contributed by atoms with Crippen LogP contribution in [-0.4, -0.2) is 54.6 Å². The highest BCUT2D eigenvalue weighted by atomic mass is 32.2. The van der Waals surface area contributed by atoms with Crippen LogP contribution in [0.2, 0.25) is 0 Å². The lowest BCUT2D eigenvalue weighted by Gasteiger charge is -2.26. The van der Waals surface area contributed by atoms with Crippen LogP contribution in [0.1, 0.15) is 27.3 Å². The van der Waals surface area contributed by atoms with Crippen molar-refractivity contribution in [2.45, 2.75) is 18.7 Å². The van der Waals surface area contributed by atoms with Crippen LogP contribution in [0.15, 0.2) is 65.6 Å². The van der Waals surface area contributed by atoms with Gasteiger partial charge in [-0.05, 0) is 62.4 Å². The molecule has 2 aromatic carbocycles. The van der Waals surface area contributed by atoms with Crippen LogP contribution in [0, 0.1) is 13.8 Å². The molecule has 3 aromatic rings. The third-order valence-corrected chi connectivity index (χ3v) is 7.41. The molecule has 0 N–H and O–H groups in total. The predicted octanol–water partition coefficient (Wildman–Crippen LogP) is 3.41. The second-order valence-electron chi connectivity index (χ2n) is 7.57. The fourth-order valence-corrected chi connectivity index (χ4v) is 5.11. The van der Waals surface area contributed by atoms with Crippen molar-refractivity contribution < 1.29 is 17.9 Å². The van der Waals surface area contributed by atoms with E-state index in [4.69, 9.17) is 4.74 Å². The number of aromatic nitrogens is 2. The van der Waals surface area contributed by atoms with Gasteiger partial charge in [0.15, 0.2) is 5.78 Å². The van der Waals surface area contributed by atoms with E-state index >= 15 is 0 Å². The molecule has 166 valence electrons. The molecule has 0 radical (unpaired) electrons. The molecule has 1 fully saturated rings. The maximum atomic E-state index is 12.7. The summed E-state index contributed by atoms with van der Waals surface area (Å²) < 4.78 is 34.0. The number of hydrogen-bond acceptors (Lipinski definition) is 5. The first-order chi connectivity index (χ1) is 15.4. The lowest BCUT2D eigenvalue weighted by Crippen LogP contribution is -2.40. The van der Waals surface area contributed by atoms with Gasteiger partial charge in [0, 0.05) is 29.9 Å². The Morgan fingerprint density at radius 3 is 2.31 bits per heavy atom. The Labute approximate surface area is 188 Å². The van der Waals surface area contributed by atoms with Crippen molar-refractivity contribution in [3.05, 3.63) is 83.2 Å². The van der Waals surface area contributed by atoms with E-state index in [9.17, 15) is 13.2 Å². The molecule has 2 heterocycles. The molecule has 0 saturated carbocycles. The molecule has 1 aliphatic rings. The number of nitrogens with zero attached hydrogens (tertiary/aromatic N) is 3. The van der Waals surface area contributed by atoms with Gasteiger partial charge in [-0.3, -0.25) is 4.79 Å². The summed E-state index contributed by atoms with van der Waals surface area (Å²) in [6.45, 7) is 5.31. The molecule has 32 heavy (non-hydrogen) atoms. The van der Waals surface area contributed by atoms with Crippen molar-refractivity contribution >= 4 is 21.9 Å². The Bertz CT molecular complexity index is 1240. The van der Waals surface area contributed by atoms with Gasteiger partial charge < -0.3 is 4.74 Å². The summed E-state index contributed by atoms with van der Waals surface area (Å²) in [5.74, 6) is -0.202. The number of allylic oxidation sites excluding steroid dienone is 1.